The van der Waals surface area contributed by atoms with Crippen molar-refractivity contribution in [3.05, 3.63) is 63.4 Å². The third kappa shape index (κ3) is 3.55. The zero-order chi connectivity index (χ0) is 13.8. The highest BCUT2D eigenvalue weighted by Gasteiger charge is 2.06. The first-order valence-electron chi connectivity index (χ1n) is 5.96. The lowest BCUT2D eigenvalue weighted by molar-refractivity contribution is 0.297. The van der Waals surface area contributed by atoms with Crippen LogP contribution < -0.4 is 10.5 Å². The number of aryl methyl sites for hydroxylation is 1. The standard InChI is InChI=1S/C15H15BrFNO/c1-10-6-13(16)3-5-15(10)19-9-12-7-11(8-18)2-4-14(12)17/h2-7H,8-9,18H2,1H3. The second-order valence-electron chi connectivity index (χ2n) is 4.33. The van der Waals surface area contributed by atoms with Gasteiger partial charge in [0.05, 0.1) is 0 Å². The van der Waals surface area contributed by atoms with Gasteiger partial charge in [0.25, 0.3) is 0 Å². The summed E-state index contributed by atoms with van der Waals surface area (Å²) in [5, 5.41) is 0. The third-order valence-corrected chi connectivity index (χ3v) is 3.36. The van der Waals surface area contributed by atoms with Crippen LogP contribution in [0, 0.1) is 12.7 Å². The molecule has 100 valence electrons. The van der Waals surface area contributed by atoms with Crippen molar-refractivity contribution in [3.8, 4) is 5.75 Å². The Morgan fingerprint density at radius 2 is 2.00 bits per heavy atom. The minimum Gasteiger partial charge on any atom is -0.489 e. The second kappa shape index (κ2) is 6.17. The van der Waals surface area contributed by atoms with Crippen LogP contribution in [0.1, 0.15) is 16.7 Å². The molecule has 2 aromatic rings. The molecule has 0 aliphatic heterocycles. The van der Waals surface area contributed by atoms with E-state index in [9.17, 15) is 4.39 Å². The summed E-state index contributed by atoms with van der Waals surface area (Å²) in [5.74, 6) is 0.479. The number of rotatable bonds is 4. The minimum atomic E-state index is -0.271. The van der Waals surface area contributed by atoms with Crippen LogP contribution >= 0.6 is 15.9 Å². The van der Waals surface area contributed by atoms with E-state index >= 15 is 0 Å². The number of hydrogen-bond donors (Lipinski definition) is 1. The van der Waals surface area contributed by atoms with Crippen molar-refractivity contribution in [2.45, 2.75) is 20.1 Å². The van der Waals surface area contributed by atoms with E-state index in [1.165, 1.54) is 6.07 Å². The Kier molecular flexibility index (Phi) is 4.56. The molecule has 4 heteroatoms. The zero-order valence-corrected chi connectivity index (χ0v) is 12.2. The monoisotopic (exact) mass is 323 g/mol. The average molecular weight is 324 g/mol. The Morgan fingerprint density at radius 1 is 1.21 bits per heavy atom. The van der Waals surface area contributed by atoms with Gasteiger partial charge in [0.1, 0.15) is 18.2 Å². The van der Waals surface area contributed by atoms with Gasteiger partial charge in [-0.15, -0.1) is 0 Å². The summed E-state index contributed by atoms with van der Waals surface area (Å²) < 4.78 is 20.3. The average Bonchev–Trinajstić information content (AvgIpc) is 2.39. The predicted molar refractivity (Wildman–Crippen MR) is 77.5 cm³/mol. The SMILES string of the molecule is Cc1cc(Br)ccc1OCc1cc(CN)ccc1F. The van der Waals surface area contributed by atoms with Gasteiger partial charge in [0.2, 0.25) is 0 Å². The molecule has 0 atom stereocenters. The van der Waals surface area contributed by atoms with Gasteiger partial charge >= 0.3 is 0 Å². The summed E-state index contributed by atoms with van der Waals surface area (Å²) in [6.07, 6.45) is 0. The molecule has 0 amide bonds. The molecule has 2 aromatic carbocycles. The van der Waals surface area contributed by atoms with Gasteiger partial charge in [0, 0.05) is 16.6 Å². The van der Waals surface area contributed by atoms with E-state index in [0.29, 0.717) is 12.1 Å². The van der Waals surface area contributed by atoms with Gasteiger partial charge in [-0.05, 0) is 48.4 Å². The highest BCUT2D eigenvalue weighted by Crippen LogP contribution is 2.23. The number of nitrogens with two attached hydrogens (primary N) is 1. The minimum absolute atomic E-state index is 0.197. The Hall–Kier alpha value is -1.39. The Morgan fingerprint density at radius 3 is 2.68 bits per heavy atom. The molecule has 2 nitrogen and oxygen atoms in total. The fourth-order valence-electron chi connectivity index (χ4n) is 1.80. The molecule has 0 saturated heterocycles. The van der Waals surface area contributed by atoms with Crippen molar-refractivity contribution in [1.29, 1.82) is 0 Å². The summed E-state index contributed by atoms with van der Waals surface area (Å²) in [5.41, 5.74) is 7.97. The molecule has 0 fully saturated rings. The maximum atomic E-state index is 13.6. The molecule has 0 saturated carbocycles. The van der Waals surface area contributed by atoms with Gasteiger partial charge < -0.3 is 10.5 Å². The van der Waals surface area contributed by atoms with E-state index in [-0.39, 0.29) is 12.4 Å². The normalized spacial score (nSPS) is 10.5. The summed E-state index contributed by atoms with van der Waals surface area (Å²) in [6.45, 7) is 2.54. The molecule has 0 aliphatic rings. The van der Waals surface area contributed by atoms with Crippen LogP contribution in [-0.2, 0) is 13.2 Å². The van der Waals surface area contributed by atoms with Crippen LogP contribution in [0.3, 0.4) is 0 Å². The molecule has 2 rings (SSSR count). The second-order valence-corrected chi connectivity index (χ2v) is 5.24. The molecule has 2 N–H and O–H groups in total. The first-order chi connectivity index (χ1) is 9.10. The molecular weight excluding hydrogens is 309 g/mol. The molecule has 0 spiro atoms. The fraction of sp³-hybridized carbons (Fsp3) is 0.200. The highest BCUT2D eigenvalue weighted by molar-refractivity contribution is 9.10. The van der Waals surface area contributed by atoms with E-state index in [1.54, 1.807) is 12.1 Å². The van der Waals surface area contributed by atoms with E-state index in [0.717, 1.165) is 21.3 Å². The number of ether oxygens (including phenoxy) is 1. The first-order valence-corrected chi connectivity index (χ1v) is 6.76. The summed E-state index contributed by atoms with van der Waals surface area (Å²) in [4.78, 5) is 0. The van der Waals surface area contributed by atoms with Gasteiger partial charge in [-0.2, -0.15) is 0 Å². The number of benzene rings is 2. The maximum absolute atomic E-state index is 13.6. The fourth-order valence-corrected chi connectivity index (χ4v) is 2.27. The van der Waals surface area contributed by atoms with Crippen LogP contribution in [-0.4, -0.2) is 0 Å². The van der Waals surface area contributed by atoms with Crippen molar-refractivity contribution >= 4 is 15.9 Å². The summed E-state index contributed by atoms with van der Waals surface area (Å²) in [7, 11) is 0. The van der Waals surface area contributed by atoms with Crippen LogP contribution in [0.5, 0.6) is 5.75 Å². The Labute approximate surface area is 120 Å². The Bertz CT molecular complexity index is 586. The van der Waals surface area contributed by atoms with E-state index in [4.69, 9.17) is 10.5 Å². The van der Waals surface area contributed by atoms with Crippen molar-refractivity contribution in [2.24, 2.45) is 5.73 Å². The molecule has 0 aliphatic carbocycles. The van der Waals surface area contributed by atoms with Crippen LogP contribution in [0.4, 0.5) is 4.39 Å². The summed E-state index contributed by atoms with van der Waals surface area (Å²) in [6, 6.07) is 10.6. The smallest absolute Gasteiger partial charge is 0.129 e. The maximum Gasteiger partial charge on any atom is 0.129 e. The van der Waals surface area contributed by atoms with Crippen LogP contribution in [0.15, 0.2) is 40.9 Å². The number of hydrogen-bond acceptors (Lipinski definition) is 2. The van der Waals surface area contributed by atoms with Crippen molar-refractivity contribution < 1.29 is 9.13 Å². The van der Waals surface area contributed by atoms with Gasteiger partial charge in [-0.1, -0.05) is 22.0 Å². The van der Waals surface area contributed by atoms with Gasteiger partial charge in [-0.25, -0.2) is 4.39 Å². The molecular formula is C15H15BrFNO. The first kappa shape index (κ1) is 14.0. The van der Waals surface area contributed by atoms with Gasteiger partial charge in [0.15, 0.2) is 0 Å². The lowest BCUT2D eigenvalue weighted by Crippen LogP contribution is -2.03. The van der Waals surface area contributed by atoms with Gasteiger partial charge in [-0.3, -0.25) is 0 Å². The zero-order valence-electron chi connectivity index (χ0n) is 10.6. The third-order valence-electron chi connectivity index (χ3n) is 2.87. The molecule has 19 heavy (non-hydrogen) atoms. The van der Waals surface area contributed by atoms with Crippen molar-refractivity contribution in [3.63, 3.8) is 0 Å². The topological polar surface area (TPSA) is 35.2 Å². The van der Waals surface area contributed by atoms with Crippen molar-refractivity contribution in [1.82, 2.24) is 0 Å². The molecule has 0 heterocycles. The van der Waals surface area contributed by atoms with Crippen LogP contribution in [0.25, 0.3) is 0 Å². The summed E-state index contributed by atoms with van der Waals surface area (Å²) >= 11 is 3.39. The lowest BCUT2D eigenvalue weighted by Gasteiger charge is -2.11. The largest absolute Gasteiger partial charge is 0.489 e. The number of halogens is 2. The highest BCUT2D eigenvalue weighted by atomic mass is 79.9. The Balaban J connectivity index is 2.14. The molecule has 0 bridgehead atoms. The van der Waals surface area contributed by atoms with Crippen molar-refractivity contribution in [2.75, 3.05) is 0 Å². The van der Waals surface area contributed by atoms with E-state index in [2.05, 4.69) is 15.9 Å². The van der Waals surface area contributed by atoms with Crippen LogP contribution in [0.2, 0.25) is 0 Å². The van der Waals surface area contributed by atoms with E-state index in [1.807, 2.05) is 25.1 Å². The van der Waals surface area contributed by atoms with E-state index < -0.39 is 0 Å². The lowest BCUT2D eigenvalue weighted by atomic mass is 10.1. The molecule has 0 aromatic heterocycles. The predicted octanol–water partition coefficient (Wildman–Crippen LogP) is 3.93. The quantitative estimate of drug-likeness (QED) is 0.925. The molecule has 0 unspecified atom stereocenters. The molecule has 0 radical (unpaired) electrons.